The highest BCUT2D eigenvalue weighted by atomic mass is 32.2. The number of aryl methyl sites for hydroxylation is 2. The van der Waals surface area contributed by atoms with Crippen LogP contribution in [0.25, 0.3) is 0 Å². The van der Waals surface area contributed by atoms with Crippen molar-refractivity contribution in [1.29, 1.82) is 0 Å². The smallest absolute Gasteiger partial charge is 0.389 e. The highest BCUT2D eigenvalue weighted by molar-refractivity contribution is 7.89. The number of nitrogens with zero attached hydrogens (tertiary/aromatic N) is 3. The number of hydrogen-bond donors (Lipinski definition) is 2. The van der Waals surface area contributed by atoms with E-state index in [1.54, 1.807) is 23.1 Å². The van der Waals surface area contributed by atoms with Crippen LogP contribution in [0.1, 0.15) is 45.5 Å². The van der Waals surface area contributed by atoms with Crippen molar-refractivity contribution in [1.82, 2.24) is 14.5 Å². The van der Waals surface area contributed by atoms with Gasteiger partial charge in [-0.3, -0.25) is 14.6 Å². The van der Waals surface area contributed by atoms with Crippen LogP contribution in [0.4, 0.5) is 13.2 Å². The molecule has 0 bridgehead atoms. The number of β-amino-alcohol motifs (C(OH)–C–C–N with tert-alkyl or cyclic N) is 1. The number of sulfonamides is 1. The number of amidine groups is 1. The maximum Gasteiger partial charge on any atom is 0.416 e. The van der Waals surface area contributed by atoms with Gasteiger partial charge in [0.05, 0.1) is 17.4 Å². The van der Waals surface area contributed by atoms with Crippen molar-refractivity contribution in [3.63, 3.8) is 0 Å². The molecule has 3 aliphatic heterocycles. The third-order valence-electron chi connectivity index (χ3n) is 7.76. The number of amides is 2. The lowest BCUT2D eigenvalue weighted by Gasteiger charge is -2.36. The number of nitrogens with one attached hydrogen (secondary N) is 1. The zero-order chi connectivity index (χ0) is 28.9. The van der Waals surface area contributed by atoms with Gasteiger partial charge in [-0.1, -0.05) is 18.2 Å². The molecule has 2 N–H and O–H groups in total. The minimum absolute atomic E-state index is 0.0510. The Morgan fingerprint density at radius 1 is 1.15 bits per heavy atom. The Morgan fingerprint density at radius 3 is 2.48 bits per heavy atom. The Morgan fingerprint density at radius 2 is 1.85 bits per heavy atom. The molecule has 2 aromatic rings. The predicted octanol–water partition coefficient (Wildman–Crippen LogP) is 2.11. The molecule has 9 nitrogen and oxygen atoms in total. The van der Waals surface area contributed by atoms with Gasteiger partial charge in [0, 0.05) is 37.3 Å². The van der Waals surface area contributed by atoms with Crippen molar-refractivity contribution in [3.8, 4) is 0 Å². The van der Waals surface area contributed by atoms with Crippen molar-refractivity contribution in [2.75, 3.05) is 31.9 Å². The zero-order valence-electron chi connectivity index (χ0n) is 21.7. The molecule has 0 saturated carbocycles. The number of piperidine rings is 1. The number of rotatable bonds is 6. The lowest BCUT2D eigenvalue weighted by molar-refractivity contribution is -0.137. The largest absolute Gasteiger partial charge is 0.416 e. The van der Waals surface area contributed by atoms with E-state index in [0.717, 1.165) is 23.3 Å². The summed E-state index contributed by atoms with van der Waals surface area (Å²) in [7, 11) is -3.67. The Kier molecular flexibility index (Phi) is 7.26. The number of aliphatic imine (C=N–C) groups is 1. The minimum atomic E-state index is -4.53. The summed E-state index contributed by atoms with van der Waals surface area (Å²) in [6.45, 7) is 2.53. The monoisotopic (exact) mass is 578 g/mol. The molecule has 13 heteroatoms. The summed E-state index contributed by atoms with van der Waals surface area (Å²) in [6.07, 6.45) is -4.56. The van der Waals surface area contributed by atoms with E-state index in [4.69, 9.17) is 0 Å². The first-order valence-electron chi connectivity index (χ1n) is 12.9. The summed E-state index contributed by atoms with van der Waals surface area (Å²) < 4.78 is 66.9. The molecule has 0 aromatic heterocycles. The maximum absolute atomic E-state index is 13.1. The molecular formula is C27H29F3N4O5S. The normalized spacial score (nSPS) is 19.9. The van der Waals surface area contributed by atoms with Gasteiger partial charge >= 0.3 is 6.18 Å². The molecule has 2 aromatic carbocycles. The number of carbonyl (C=O) groups excluding carboxylic acids is 2. The van der Waals surface area contributed by atoms with Crippen molar-refractivity contribution >= 4 is 27.7 Å². The molecule has 0 unspecified atom stereocenters. The standard InChI is InChI=1S/C27H29F3N4O5S/c1-17-13-20(24(36)33-15-22(35)16-33)6-5-18(17)7-12-40(38,39)34-10-8-26(9-11-34)25(37)31-23(32-26)19-3-2-4-21(14-19)27(28,29)30/h2-6,13-14,22,35H,7-12,15-16H2,1H3,(H,31,32,37). The first kappa shape index (κ1) is 28.2. The van der Waals surface area contributed by atoms with Crippen LogP contribution in [-0.2, 0) is 27.4 Å². The Labute approximate surface area is 229 Å². The summed E-state index contributed by atoms with van der Waals surface area (Å²) >= 11 is 0. The van der Waals surface area contributed by atoms with E-state index in [1.807, 2.05) is 6.92 Å². The van der Waals surface area contributed by atoms with E-state index in [0.29, 0.717) is 18.7 Å². The first-order chi connectivity index (χ1) is 18.8. The number of benzene rings is 2. The molecule has 3 heterocycles. The molecule has 2 fully saturated rings. The molecular weight excluding hydrogens is 549 g/mol. The van der Waals surface area contributed by atoms with E-state index < -0.39 is 39.3 Å². The Hall–Kier alpha value is -3.29. The molecule has 2 amide bonds. The minimum Gasteiger partial charge on any atom is -0.389 e. The van der Waals surface area contributed by atoms with E-state index in [-0.39, 0.29) is 55.4 Å². The van der Waals surface area contributed by atoms with Crippen LogP contribution in [0, 0.1) is 6.92 Å². The van der Waals surface area contributed by atoms with Crippen LogP contribution >= 0.6 is 0 Å². The molecule has 1 spiro atoms. The SMILES string of the molecule is Cc1cc(C(=O)N2CC(O)C2)ccc1CCS(=O)(=O)N1CCC2(CC1)N=C(c1cccc(C(F)(F)F)c1)NC2=O. The lowest BCUT2D eigenvalue weighted by Crippen LogP contribution is -2.53. The van der Waals surface area contributed by atoms with E-state index in [1.165, 1.54) is 16.4 Å². The van der Waals surface area contributed by atoms with Crippen LogP contribution in [-0.4, -0.2) is 84.0 Å². The van der Waals surface area contributed by atoms with Crippen molar-refractivity contribution in [2.45, 2.75) is 44.0 Å². The van der Waals surface area contributed by atoms with Crippen molar-refractivity contribution < 1.29 is 36.3 Å². The van der Waals surface area contributed by atoms with Crippen molar-refractivity contribution in [3.05, 3.63) is 70.3 Å². The van der Waals surface area contributed by atoms with Crippen LogP contribution in [0.15, 0.2) is 47.5 Å². The molecule has 3 aliphatic rings. The number of halogens is 3. The van der Waals surface area contributed by atoms with Crippen molar-refractivity contribution in [2.24, 2.45) is 4.99 Å². The number of carbonyl (C=O) groups is 2. The summed E-state index contributed by atoms with van der Waals surface area (Å²) in [6, 6.07) is 9.67. The maximum atomic E-state index is 13.1. The van der Waals surface area contributed by atoms with E-state index in [9.17, 15) is 36.3 Å². The molecule has 40 heavy (non-hydrogen) atoms. The topological polar surface area (TPSA) is 119 Å². The molecule has 5 rings (SSSR count). The van der Waals surface area contributed by atoms with Gasteiger partial charge in [-0.2, -0.15) is 13.2 Å². The van der Waals surface area contributed by atoms with E-state index >= 15 is 0 Å². The quantitative estimate of drug-likeness (QED) is 0.545. The number of aliphatic hydroxyl groups is 1. The predicted molar refractivity (Wildman–Crippen MR) is 140 cm³/mol. The summed E-state index contributed by atoms with van der Waals surface area (Å²) in [5.74, 6) is -0.730. The highest BCUT2D eigenvalue weighted by Crippen LogP contribution is 2.34. The van der Waals surface area contributed by atoms with E-state index in [2.05, 4.69) is 10.3 Å². The van der Waals surface area contributed by atoms with Crippen LogP contribution in [0.5, 0.6) is 0 Å². The summed E-state index contributed by atoms with van der Waals surface area (Å²) in [4.78, 5) is 31.3. The van der Waals surface area contributed by atoms with Gasteiger partial charge in [0.1, 0.15) is 11.4 Å². The molecule has 0 atom stereocenters. The van der Waals surface area contributed by atoms with Gasteiger partial charge in [-0.05, 0) is 61.6 Å². The van der Waals surface area contributed by atoms with Crippen LogP contribution in [0.3, 0.4) is 0 Å². The number of likely N-dealkylation sites (tertiary alicyclic amines) is 1. The molecule has 214 valence electrons. The van der Waals surface area contributed by atoms with Gasteiger partial charge in [0.15, 0.2) is 0 Å². The number of alkyl halides is 3. The third kappa shape index (κ3) is 5.50. The lowest BCUT2D eigenvalue weighted by atomic mass is 9.89. The van der Waals surface area contributed by atoms with Crippen LogP contribution < -0.4 is 5.32 Å². The second-order valence-electron chi connectivity index (χ2n) is 10.5. The fourth-order valence-corrected chi connectivity index (χ4v) is 6.73. The molecule has 0 radical (unpaired) electrons. The Balaban J connectivity index is 1.21. The van der Waals surface area contributed by atoms with Gasteiger partial charge < -0.3 is 15.3 Å². The number of hydrogen-bond acceptors (Lipinski definition) is 6. The van der Waals surface area contributed by atoms with Crippen LogP contribution in [0.2, 0.25) is 0 Å². The first-order valence-corrected chi connectivity index (χ1v) is 14.5. The van der Waals surface area contributed by atoms with Gasteiger partial charge in [0.25, 0.3) is 11.8 Å². The zero-order valence-corrected chi connectivity index (χ0v) is 22.6. The summed E-state index contributed by atoms with van der Waals surface area (Å²) in [5, 5.41) is 12.0. The summed E-state index contributed by atoms with van der Waals surface area (Å²) in [5.41, 5.74) is 0.136. The van der Waals surface area contributed by atoms with Gasteiger partial charge in [0.2, 0.25) is 10.0 Å². The average Bonchev–Trinajstić information content (AvgIpc) is 3.20. The third-order valence-corrected chi connectivity index (χ3v) is 9.63. The fraction of sp³-hybridized carbons (Fsp3) is 0.444. The fourth-order valence-electron chi connectivity index (χ4n) is 5.25. The number of aliphatic hydroxyl groups excluding tert-OH is 1. The van der Waals surface area contributed by atoms with Gasteiger partial charge in [-0.15, -0.1) is 0 Å². The van der Waals surface area contributed by atoms with Gasteiger partial charge in [-0.25, -0.2) is 12.7 Å². The Bertz CT molecular complexity index is 1480. The second-order valence-corrected chi connectivity index (χ2v) is 12.6. The highest BCUT2D eigenvalue weighted by Gasteiger charge is 2.47. The molecule has 2 saturated heterocycles. The average molecular weight is 579 g/mol. The second kappa shape index (κ2) is 10.3. The molecule has 0 aliphatic carbocycles.